The number of hydrogen-bond donors (Lipinski definition) is 1. The number of rotatable bonds is 6. The second kappa shape index (κ2) is 6.72. The van der Waals surface area contributed by atoms with Gasteiger partial charge >= 0.3 is 0 Å². The molecule has 0 aliphatic heterocycles. The Morgan fingerprint density at radius 2 is 2.25 bits per heavy atom. The van der Waals surface area contributed by atoms with E-state index in [1.807, 2.05) is 17.7 Å². The van der Waals surface area contributed by atoms with E-state index in [-0.39, 0.29) is 5.69 Å². The maximum absolute atomic E-state index is 13.8. The van der Waals surface area contributed by atoms with E-state index in [4.69, 9.17) is 16.3 Å². The van der Waals surface area contributed by atoms with Gasteiger partial charge in [-0.05, 0) is 25.5 Å². The number of aryl methyl sites for hydroxylation is 2. The van der Waals surface area contributed by atoms with E-state index in [0.29, 0.717) is 17.6 Å². The van der Waals surface area contributed by atoms with Gasteiger partial charge in [0.15, 0.2) is 0 Å². The average molecular weight is 298 g/mol. The number of hydrogen-bond acceptors (Lipinski definition) is 3. The summed E-state index contributed by atoms with van der Waals surface area (Å²) in [6.45, 7) is 3.29. The Morgan fingerprint density at radius 3 is 2.95 bits per heavy atom. The van der Waals surface area contributed by atoms with Crippen LogP contribution in [0.1, 0.15) is 12.1 Å². The molecule has 2 aromatic rings. The number of anilines is 2. The van der Waals surface area contributed by atoms with Crippen molar-refractivity contribution in [2.24, 2.45) is 0 Å². The predicted molar refractivity (Wildman–Crippen MR) is 78.1 cm³/mol. The van der Waals surface area contributed by atoms with Crippen molar-refractivity contribution in [1.29, 1.82) is 0 Å². The molecule has 0 amide bonds. The fraction of sp³-hybridized carbons (Fsp3) is 0.357. The molecule has 0 saturated heterocycles. The Kier molecular flexibility index (Phi) is 4.98. The summed E-state index contributed by atoms with van der Waals surface area (Å²) in [5.41, 5.74) is 1.10. The second-order valence-corrected chi connectivity index (χ2v) is 4.87. The lowest BCUT2D eigenvalue weighted by atomic mass is 10.3. The first-order chi connectivity index (χ1) is 9.61. The van der Waals surface area contributed by atoms with Gasteiger partial charge in [0.25, 0.3) is 0 Å². The van der Waals surface area contributed by atoms with Crippen molar-refractivity contribution in [1.82, 2.24) is 9.55 Å². The molecule has 20 heavy (non-hydrogen) atoms. The first-order valence-corrected chi connectivity index (χ1v) is 6.73. The maximum atomic E-state index is 13.8. The molecule has 108 valence electrons. The molecule has 0 aliphatic carbocycles. The molecular weight excluding hydrogens is 281 g/mol. The van der Waals surface area contributed by atoms with Crippen LogP contribution in [-0.2, 0) is 11.3 Å². The van der Waals surface area contributed by atoms with Crippen molar-refractivity contribution >= 4 is 23.2 Å². The summed E-state index contributed by atoms with van der Waals surface area (Å²) in [6.07, 6.45) is 2.76. The lowest BCUT2D eigenvalue weighted by Gasteiger charge is -2.11. The Labute approximate surface area is 122 Å². The normalized spacial score (nSPS) is 10.8. The zero-order chi connectivity index (χ0) is 14.5. The van der Waals surface area contributed by atoms with Crippen molar-refractivity contribution in [3.8, 4) is 0 Å². The van der Waals surface area contributed by atoms with Crippen molar-refractivity contribution in [3.05, 3.63) is 40.9 Å². The molecule has 1 aromatic heterocycles. The zero-order valence-corrected chi connectivity index (χ0v) is 12.2. The molecule has 1 heterocycles. The molecule has 0 radical (unpaired) electrons. The van der Waals surface area contributed by atoms with E-state index in [1.54, 1.807) is 19.2 Å². The van der Waals surface area contributed by atoms with Gasteiger partial charge in [0.05, 0.1) is 16.4 Å². The van der Waals surface area contributed by atoms with Gasteiger partial charge in [-0.2, -0.15) is 0 Å². The van der Waals surface area contributed by atoms with Gasteiger partial charge in [0.2, 0.25) is 5.95 Å². The number of benzene rings is 1. The van der Waals surface area contributed by atoms with Gasteiger partial charge in [-0.15, -0.1) is 0 Å². The molecule has 0 saturated carbocycles. The topological polar surface area (TPSA) is 39.1 Å². The lowest BCUT2D eigenvalue weighted by molar-refractivity contribution is 0.190. The molecule has 0 atom stereocenters. The van der Waals surface area contributed by atoms with Gasteiger partial charge in [-0.25, -0.2) is 9.37 Å². The summed E-state index contributed by atoms with van der Waals surface area (Å²) in [4.78, 5) is 4.35. The molecular formula is C14H17ClFN3O. The molecule has 0 aliphatic rings. The van der Waals surface area contributed by atoms with Crippen molar-refractivity contribution in [2.45, 2.75) is 19.9 Å². The predicted octanol–water partition coefficient (Wildman–Crippen LogP) is 3.76. The second-order valence-electron chi connectivity index (χ2n) is 4.47. The lowest BCUT2D eigenvalue weighted by Crippen LogP contribution is -2.06. The zero-order valence-electron chi connectivity index (χ0n) is 11.5. The minimum Gasteiger partial charge on any atom is -0.385 e. The highest BCUT2D eigenvalue weighted by atomic mass is 35.5. The van der Waals surface area contributed by atoms with Crippen molar-refractivity contribution in [3.63, 3.8) is 0 Å². The maximum Gasteiger partial charge on any atom is 0.207 e. The van der Waals surface area contributed by atoms with Crippen LogP contribution in [0.4, 0.5) is 16.0 Å². The standard InChI is InChI=1S/C14H17ClFN3O/c1-10-9-19(7-4-8-20-2)14(17-10)18-13-11(15)5-3-6-12(13)16/h3,5-6,9H,4,7-8H2,1-2H3,(H,17,18). The molecule has 1 aromatic carbocycles. The van der Waals surface area contributed by atoms with Crippen LogP contribution in [0.25, 0.3) is 0 Å². The quantitative estimate of drug-likeness (QED) is 0.825. The summed E-state index contributed by atoms with van der Waals surface area (Å²) < 4.78 is 20.7. The van der Waals surface area contributed by atoms with E-state index in [2.05, 4.69) is 10.3 Å². The number of methoxy groups -OCH3 is 1. The third kappa shape index (κ3) is 3.49. The number of para-hydroxylation sites is 1. The van der Waals surface area contributed by atoms with E-state index in [0.717, 1.165) is 18.7 Å². The molecule has 6 heteroatoms. The Bertz CT molecular complexity index is 566. The smallest absolute Gasteiger partial charge is 0.207 e. The van der Waals surface area contributed by atoms with Crippen molar-refractivity contribution in [2.75, 3.05) is 19.0 Å². The number of aromatic nitrogens is 2. The van der Waals surface area contributed by atoms with Crippen LogP contribution in [0.5, 0.6) is 0 Å². The third-order valence-electron chi connectivity index (χ3n) is 2.84. The molecule has 0 fully saturated rings. The number of imidazole rings is 1. The number of nitrogens with zero attached hydrogens (tertiary/aromatic N) is 2. The Morgan fingerprint density at radius 1 is 1.45 bits per heavy atom. The number of nitrogens with one attached hydrogen (secondary N) is 1. The van der Waals surface area contributed by atoms with Gasteiger partial charge in [0, 0.05) is 26.5 Å². The Balaban J connectivity index is 2.20. The summed E-state index contributed by atoms with van der Waals surface area (Å²) in [5.74, 6) is 0.173. The Hall–Kier alpha value is -1.59. The van der Waals surface area contributed by atoms with Crippen LogP contribution in [-0.4, -0.2) is 23.3 Å². The summed E-state index contributed by atoms with van der Waals surface area (Å²) in [6, 6.07) is 4.57. The number of halogens is 2. The van der Waals surface area contributed by atoms with Gasteiger partial charge in [-0.1, -0.05) is 17.7 Å². The summed E-state index contributed by atoms with van der Waals surface area (Å²) >= 11 is 6.01. The van der Waals surface area contributed by atoms with Gasteiger partial charge in [0.1, 0.15) is 5.82 Å². The molecule has 2 rings (SSSR count). The minimum absolute atomic E-state index is 0.243. The summed E-state index contributed by atoms with van der Waals surface area (Å²) in [5, 5.41) is 3.29. The monoisotopic (exact) mass is 297 g/mol. The molecule has 4 nitrogen and oxygen atoms in total. The molecule has 0 bridgehead atoms. The first-order valence-electron chi connectivity index (χ1n) is 6.35. The van der Waals surface area contributed by atoms with E-state index in [9.17, 15) is 4.39 Å². The van der Waals surface area contributed by atoms with Crippen molar-refractivity contribution < 1.29 is 9.13 Å². The SMILES string of the molecule is COCCCn1cc(C)nc1Nc1c(F)cccc1Cl. The largest absolute Gasteiger partial charge is 0.385 e. The highest BCUT2D eigenvalue weighted by Gasteiger charge is 2.11. The number of ether oxygens (including phenoxy) is 1. The average Bonchev–Trinajstić information content (AvgIpc) is 2.75. The van der Waals surface area contributed by atoms with Crippen LogP contribution >= 0.6 is 11.6 Å². The van der Waals surface area contributed by atoms with Crippen LogP contribution in [0.2, 0.25) is 5.02 Å². The van der Waals surface area contributed by atoms with Crippen LogP contribution < -0.4 is 5.32 Å². The third-order valence-corrected chi connectivity index (χ3v) is 3.16. The molecule has 0 unspecified atom stereocenters. The van der Waals surface area contributed by atoms with Crippen LogP contribution in [0.3, 0.4) is 0 Å². The molecule has 1 N–H and O–H groups in total. The van der Waals surface area contributed by atoms with Crippen LogP contribution in [0, 0.1) is 12.7 Å². The van der Waals surface area contributed by atoms with Crippen LogP contribution in [0.15, 0.2) is 24.4 Å². The highest BCUT2D eigenvalue weighted by molar-refractivity contribution is 6.33. The fourth-order valence-electron chi connectivity index (χ4n) is 1.93. The van der Waals surface area contributed by atoms with E-state index >= 15 is 0 Å². The fourth-order valence-corrected chi connectivity index (χ4v) is 2.14. The first kappa shape index (κ1) is 14.8. The van der Waals surface area contributed by atoms with Gasteiger partial charge in [-0.3, -0.25) is 0 Å². The minimum atomic E-state index is -0.401. The molecule has 0 spiro atoms. The summed E-state index contributed by atoms with van der Waals surface area (Å²) in [7, 11) is 1.66. The highest BCUT2D eigenvalue weighted by Crippen LogP contribution is 2.27. The van der Waals surface area contributed by atoms with Gasteiger partial charge < -0.3 is 14.6 Å². The van der Waals surface area contributed by atoms with E-state index < -0.39 is 5.82 Å². The van der Waals surface area contributed by atoms with E-state index in [1.165, 1.54) is 6.07 Å².